The first-order chi connectivity index (χ1) is 16.1. The van der Waals surface area contributed by atoms with Gasteiger partial charge in [-0.1, -0.05) is 72.3 Å². The second-order valence-electron chi connectivity index (χ2n) is 7.18. The highest BCUT2D eigenvalue weighted by Crippen LogP contribution is 2.24. The van der Waals surface area contributed by atoms with E-state index in [9.17, 15) is 9.90 Å². The van der Waals surface area contributed by atoms with E-state index < -0.39 is 5.91 Å². The zero-order valence-electron chi connectivity index (χ0n) is 17.6. The summed E-state index contributed by atoms with van der Waals surface area (Å²) in [5.41, 5.74) is 4.72. The largest absolute Gasteiger partial charge is 0.506 e. The van der Waals surface area contributed by atoms with Gasteiger partial charge in [0.15, 0.2) is 0 Å². The molecule has 0 heterocycles. The second kappa shape index (κ2) is 10.5. The molecule has 0 aliphatic heterocycles. The third-order valence-corrected chi connectivity index (χ3v) is 5.26. The minimum Gasteiger partial charge on any atom is -0.506 e. The van der Waals surface area contributed by atoms with Gasteiger partial charge in [-0.3, -0.25) is 4.79 Å². The molecular formula is C27H21ClN2O3. The number of phenolic OH excluding ortho intramolecular Hbond substituents is 1. The average Bonchev–Trinajstić information content (AvgIpc) is 2.85. The summed E-state index contributed by atoms with van der Waals surface area (Å²) in [5, 5.41) is 15.8. The maximum absolute atomic E-state index is 12.3. The Bertz CT molecular complexity index is 1330. The predicted molar refractivity (Wildman–Crippen MR) is 133 cm³/mol. The number of carbonyl (C=O) groups is 1. The third-order valence-electron chi connectivity index (χ3n) is 4.96. The molecule has 4 aromatic rings. The second-order valence-corrected chi connectivity index (χ2v) is 7.59. The number of nitrogens with one attached hydrogen (secondary N) is 1. The van der Waals surface area contributed by atoms with Crippen molar-refractivity contribution in [3.05, 3.63) is 113 Å². The van der Waals surface area contributed by atoms with Crippen molar-refractivity contribution in [3.8, 4) is 11.5 Å². The van der Waals surface area contributed by atoms with Crippen LogP contribution in [-0.4, -0.2) is 23.8 Å². The molecule has 0 atom stereocenters. The van der Waals surface area contributed by atoms with Crippen molar-refractivity contribution < 1.29 is 14.6 Å². The number of amides is 1. The van der Waals surface area contributed by atoms with E-state index in [2.05, 4.69) is 10.5 Å². The van der Waals surface area contributed by atoms with E-state index in [1.807, 2.05) is 78.9 Å². The lowest BCUT2D eigenvalue weighted by Gasteiger charge is -2.07. The Morgan fingerprint density at radius 1 is 0.939 bits per heavy atom. The molecule has 0 aromatic heterocycles. The Kier molecular flexibility index (Phi) is 7.03. The number of hydrazone groups is 1. The van der Waals surface area contributed by atoms with Crippen LogP contribution in [0.4, 0.5) is 0 Å². The molecule has 0 spiro atoms. The molecule has 0 unspecified atom stereocenters. The van der Waals surface area contributed by atoms with E-state index in [0.29, 0.717) is 12.2 Å². The fourth-order valence-corrected chi connectivity index (χ4v) is 3.49. The van der Waals surface area contributed by atoms with Crippen molar-refractivity contribution in [2.45, 2.75) is 0 Å². The molecular weight excluding hydrogens is 436 g/mol. The zero-order chi connectivity index (χ0) is 23.0. The maximum atomic E-state index is 12.3. The number of hydrogen-bond acceptors (Lipinski definition) is 4. The first-order valence-corrected chi connectivity index (χ1v) is 10.7. The number of benzene rings is 4. The minimum absolute atomic E-state index is 0.0797. The predicted octanol–water partition coefficient (Wildman–Crippen LogP) is 6.05. The molecule has 4 aromatic carbocycles. The highest BCUT2D eigenvalue weighted by molar-refractivity contribution is 6.32. The van der Waals surface area contributed by atoms with E-state index in [1.54, 1.807) is 6.21 Å². The number of para-hydroxylation sites is 1. The number of aromatic hydroxyl groups is 1. The summed E-state index contributed by atoms with van der Waals surface area (Å²) < 4.78 is 5.72. The summed E-state index contributed by atoms with van der Waals surface area (Å²) in [5.74, 6) is 0.328. The van der Waals surface area contributed by atoms with Crippen molar-refractivity contribution in [2.75, 3.05) is 6.61 Å². The molecule has 0 saturated carbocycles. The first-order valence-electron chi connectivity index (χ1n) is 10.3. The summed E-state index contributed by atoms with van der Waals surface area (Å²) in [6, 6.07) is 25.9. The number of carbonyl (C=O) groups excluding carboxylic acids is 1. The summed E-state index contributed by atoms with van der Waals surface area (Å²) in [7, 11) is 0. The number of hydrogen-bond donors (Lipinski definition) is 2. The van der Waals surface area contributed by atoms with Gasteiger partial charge in [0.25, 0.3) is 5.91 Å². The molecule has 6 heteroatoms. The Labute approximate surface area is 196 Å². The Balaban J connectivity index is 1.47. The van der Waals surface area contributed by atoms with Crippen LogP contribution in [0.5, 0.6) is 11.5 Å². The van der Waals surface area contributed by atoms with Crippen LogP contribution in [0.15, 0.2) is 96.1 Å². The molecule has 1 amide bonds. The van der Waals surface area contributed by atoms with Gasteiger partial charge >= 0.3 is 0 Å². The summed E-state index contributed by atoms with van der Waals surface area (Å²) in [6.07, 6.45) is 5.61. The van der Waals surface area contributed by atoms with Gasteiger partial charge in [-0.15, -0.1) is 0 Å². The van der Waals surface area contributed by atoms with Crippen LogP contribution >= 0.6 is 11.6 Å². The number of phenols is 1. The molecule has 0 saturated heterocycles. The Morgan fingerprint density at radius 2 is 1.64 bits per heavy atom. The standard InChI is InChI=1S/C27H21ClN2O3/c28-25-17-20(14-15-26(25)31)27(32)30-29-18-21-13-12-19(23-10-4-5-11-24(21)23)7-6-16-33-22-8-2-1-3-9-22/h1-15,17-18,31H,16H2,(H,30,32). The maximum Gasteiger partial charge on any atom is 0.271 e. The molecule has 5 nitrogen and oxygen atoms in total. The fourth-order valence-electron chi connectivity index (χ4n) is 3.31. The smallest absolute Gasteiger partial charge is 0.271 e. The highest BCUT2D eigenvalue weighted by Gasteiger charge is 2.08. The van der Waals surface area contributed by atoms with Gasteiger partial charge in [-0.25, -0.2) is 5.43 Å². The molecule has 164 valence electrons. The quantitative estimate of drug-likeness (QED) is 0.262. The van der Waals surface area contributed by atoms with Gasteiger partial charge < -0.3 is 9.84 Å². The number of rotatable bonds is 7. The lowest BCUT2D eigenvalue weighted by molar-refractivity contribution is 0.0955. The first kappa shape index (κ1) is 22.1. The molecule has 0 aliphatic carbocycles. The van der Waals surface area contributed by atoms with Crippen LogP contribution in [0.3, 0.4) is 0 Å². The van der Waals surface area contributed by atoms with Crippen LogP contribution in [0.2, 0.25) is 5.02 Å². The van der Waals surface area contributed by atoms with Crippen LogP contribution in [-0.2, 0) is 0 Å². The number of fused-ring (bicyclic) bond motifs is 1. The van der Waals surface area contributed by atoms with Gasteiger partial charge in [0, 0.05) is 11.1 Å². The van der Waals surface area contributed by atoms with Gasteiger partial charge in [0.2, 0.25) is 0 Å². The van der Waals surface area contributed by atoms with Crippen LogP contribution in [0, 0.1) is 0 Å². The Morgan fingerprint density at radius 3 is 2.39 bits per heavy atom. The zero-order valence-corrected chi connectivity index (χ0v) is 18.4. The van der Waals surface area contributed by atoms with Crippen molar-refractivity contribution in [1.82, 2.24) is 5.43 Å². The van der Waals surface area contributed by atoms with Gasteiger partial charge in [0.1, 0.15) is 18.1 Å². The van der Waals surface area contributed by atoms with E-state index >= 15 is 0 Å². The molecule has 33 heavy (non-hydrogen) atoms. The Hall–Kier alpha value is -4.09. The van der Waals surface area contributed by atoms with Gasteiger partial charge in [-0.2, -0.15) is 5.10 Å². The molecule has 2 N–H and O–H groups in total. The van der Waals surface area contributed by atoms with Crippen molar-refractivity contribution >= 4 is 40.6 Å². The monoisotopic (exact) mass is 456 g/mol. The molecule has 0 radical (unpaired) electrons. The number of nitrogens with zero attached hydrogens (tertiary/aromatic N) is 1. The molecule has 0 bridgehead atoms. The average molecular weight is 457 g/mol. The fraction of sp³-hybridized carbons (Fsp3) is 0.0370. The highest BCUT2D eigenvalue weighted by atomic mass is 35.5. The summed E-state index contributed by atoms with van der Waals surface area (Å²) >= 11 is 5.86. The van der Waals surface area contributed by atoms with E-state index in [1.165, 1.54) is 18.2 Å². The van der Waals surface area contributed by atoms with Crippen LogP contribution in [0.1, 0.15) is 21.5 Å². The SMILES string of the molecule is O=C(NN=Cc1ccc(C=CCOc2ccccc2)c2ccccc12)c1ccc(O)c(Cl)c1. The van der Waals surface area contributed by atoms with Gasteiger partial charge in [-0.05, 0) is 52.7 Å². The number of ether oxygens (including phenoxy) is 1. The molecule has 0 aliphatic rings. The van der Waals surface area contributed by atoms with E-state index in [0.717, 1.165) is 27.6 Å². The van der Waals surface area contributed by atoms with Crippen molar-refractivity contribution in [1.29, 1.82) is 0 Å². The molecule has 0 fully saturated rings. The third kappa shape index (κ3) is 5.59. The van der Waals surface area contributed by atoms with E-state index in [4.69, 9.17) is 16.3 Å². The summed E-state index contributed by atoms with van der Waals surface area (Å²) in [4.78, 5) is 12.3. The van der Waals surface area contributed by atoms with Crippen molar-refractivity contribution in [3.63, 3.8) is 0 Å². The summed E-state index contributed by atoms with van der Waals surface area (Å²) in [6.45, 7) is 0.467. The van der Waals surface area contributed by atoms with Gasteiger partial charge in [0.05, 0.1) is 11.2 Å². The lowest BCUT2D eigenvalue weighted by Crippen LogP contribution is -2.17. The van der Waals surface area contributed by atoms with Crippen LogP contribution < -0.4 is 10.2 Å². The van der Waals surface area contributed by atoms with Crippen LogP contribution in [0.25, 0.3) is 16.8 Å². The topological polar surface area (TPSA) is 70.9 Å². The minimum atomic E-state index is -0.421. The number of halogens is 1. The van der Waals surface area contributed by atoms with Crippen molar-refractivity contribution in [2.24, 2.45) is 5.10 Å². The van der Waals surface area contributed by atoms with E-state index in [-0.39, 0.29) is 10.8 Å². The normalized spacial score (nSPS) is 11.3. The molecule has 4 rings (SSSR count). The lowest BCUT2D eigenvalue weighted by atomic mass is 10.00.